The molecule has 5 aliphatic carbocycles. The normalized spacial score (nSPS) is 44.9. The third kappa shape index (κ3) is 3.57. The van der Waals surface area contributed by atoms with E-state index in [9.17, 15) is 27.6 Å². The van der Waals surface area contributed by atoms with Crippen LogP contribution in [-0.2, 0) is 19.1 Å². The molecule has 8 atom stereocenters. The van der Waals surface area contributed by atoms with Gasteiger partial charge >= 0.3 is 12.1 Å². The van der Waals surface area contributed by atoms with Gasteiger partial charge in [0.2, 0.25) is 0 Å². The van der Waals surface area contributed by atoms with E-state index in [1.165, 1.54) is 7.11 Å². The van der Waals surface area contributed by atoms with Crippen LogP contribution in [0.25, 0.3) is 0 Å². The molecule has 7 heteroatoms. The zero-order valence-electron chi connectivity index (χ0n) is 22.8. The summed E-state index contributed by atoms with van der Waals surface area (Å²) in [5.74, 6) is -2.19. The van der Waals surface area contributed by atoms with E-state index in [2.05, 4.69) is 13.8 Å². The fourth-order valence-corrected chi connectivity index (χ4v) is 9.87. The van der Waals surface area contributed by atoms with Gasteiger partial charge in [-0.05, 0) is 79.6 Å². The first kappa shape index (κ1) is 26.7. The monoisotopic (exact) mass is 520 g/mol. The van der Waals surface area contributed by atoms with Crippen molar-refractivity contribution in [3.63, 3.8) is 0 Å². The number of halogens is 3. The Labute approximate surface area is 217 Å². The highest BCUT2D eigenvalue weighted by Crippen LogP contribution is 2.70. The average molecular weight is 521 g/mol. The maximum absolute atomic E-state index is 14.1. The minimum atomic E-state index is -4.76. The number of allylic oxidation sites excluding steroid dienone is 4. The van der Waals surface area contributed by atoms with E-state index in [0.717, 1.165) is 37.3 Å². The van der Waals surface area contributed by atoms with E-state index >= 15 is 0 Å². The Morgan fingerprint density at radius 2 is 1.62 bits per heavy atom. The SMILES string of the molecule is COC(=O)C1CCC2(C)CCC3C(=CC(=O)C4C5(C)C=C(C(F)(F)F)C(=O)C(C)(C)C5CCC34C)C2C1. The highest BCUT2D eigenvalue weighted by atomic mass is 19.4. The lowest BCUT2D eigenvalue weighted by Crippen LogP contribution is -2.63. The predicted octanol–water partition coefficient (Wildman–Crippen LogP) is 6.64. The molecule has 204 valence electrons. The van der Waals surface area contributed by atoms with Crippen molar-refractivity contribution in [1.29, 1.82) is 0 Å². The summed E-state index contributed by atoms with van der Waals surface area (Å²) < 4.78 is 47.3. The topological polar surface area (TPSA) is 60.4 Å². The number of ether oxygens (including phenoxy) is 1. The molecular weight excluding hydrogens is 481 g/mol. The first-order chi connectivity index (χ1) is 17.0. The van der Waals surface area contributed by atoms with Crippen molar-refractivity contribution in [3.8, 4) is 0 Å². The summed E-state index contributed by atoms with van der Waals surface area (Å²) >= 11 is 0. The number of fused-ring (bicyclic) bond motifs is 7. The Kier molecular flexibility index (Phi) is 5.80. The maximum atomic E-state index is 14.1. The van der Waals surface area contributed by atoms with Crippen LogP contribution in [0, 0.1) is 51.2 Å². The zero-order valence-corrected chi connectivity index (χ0v) is 22.8. The lowest BCUT2D eigenvalue weighted by Gasteiger charge is -2.65. The fraction of sp³-hybridized carbons (Fsp3) is 0.767. The Hall–Kier alpha value is -1.92. The van der Waals surface area contributed by atoms with E-state index in [1.54, 1.807) is 26.8 Å². The molecule has 0 aromatic heterocycles. The summed E-state index contributed by atoms with van der Waals surface area (Å²) in [5, 5.41) is 0. The molecule has 0 aromatic carbocycles. The second-order valence-corrected chi connectivity index (χ2v) is 13.8. The zero-order chi connectivity index (χ0) is 27.3. The van der Waals surface area contributed by atoms with Crippen molar-refractivity contribution in [2.24, 2.45) is 51.2 Å². The molecule has 0 aliphatic heterocycles. The second kappa shape index (κ2) is 8.05. The summed E-state index contributed by atoms with van der Waals surface area (Å²) in [6, 6.07) is 0. The second-order valence-electron chi connectivity index (χ2n) is 13.8. The fourth-order valence-electron chi connectivity index (χ4n) is 9.87. The highest BCUT2D eigenvalue weighted by Gasteiger charge is 2.68. The third-order valence-electron chi connectivity index (χ3n) is 11.6. The van der Waals surface area contributed by atoms with Gasteiger partial charge in [-0.3, -0.25) is 14.4 Å². The Morgan fingerprint density at radius 1 is 0.973 bits per heavy atom. The number of esters is 1. The Bertz CT molecular complexity index is 1120. The molecule has 0 spiro atoms. The number of methoxy groups -OCH3 is 1. The van der Waals surface area contributed by atoms with Gasteiger partial charge in [-0.25, -0.2) is 0 Å². The number of ketones is 2. The molecule has 0 N–H and O–H groups in total. The first-order valence-corrected chi connectivity index (χ1v) is 13.7. The van der Waals surface area contributed by atoms with Gasteiger partial charge in [-0.2, -0.15) is 13.2 Å². The number of carbonyl (C=O) groups excluding carboxylic acids is 3. The summed E-state index contributed by atoms with van der Waals surface area (Å²) in [6.07, 6.45) is 3.60. The molecule has 8 unspecified atom stereocenters. The quantitative estimate of drug-likeness (QED) is 0.364. The van der Waals surface area contributed by atoms with E-state index in [1.807, 2.05) is 0 Å². The summed E-state index contributed by atoms with van der Waals surface area (Å²) in [4.78, 5) is 39.5. The molecule has 0 radical (unpaired) electrons. The van der Waals surface area contributed by atoms with Crippen molar-refractivity contribution < 1.29 is 32.3 Å². The predicted molar refractivity (Wildman–Crippen MR) is 132 cm³/mol. The van der Waals surface area contributed by atoms with Crippen molar-refractivity contribution in [1.82, 2.24) is 0 Å². The molecule has 0 bridgehead atoms. The van der Waals surface area contributed by atoms with Crippen molar-refractivity contribution in [2.45, 2.75) is 85.7 Å². The first-order valence-electron chi connectivity index (χ1n) is 13.7. The minimum Gasteiger partial charge on any atom is -0.469 e. The molecule has 0 heterocycles. The van der Waals surface area contributed by atoms with E-state index in [0.29, 0.717) is 19.3 Å². The molecule has 4 nitrogen and oxygen atoms in total. The lowest BCUT2D eigenvalue weighted by molar-refractivity contribution is -0.166. The van der Waals surface area contributed by atoms with Crippen LogP contribution in [0.3, 0.4) is 0 Å². The van der Waals surface area contributed by atoms with Crippen LogP contribution >= 0.6 is 0 Å². The van der Waals surface area contributed by atoms with Gasteiger partial charge in [0, 0.05) is 16.7 Å². The van der Waals surface area contributed by atoms with Gasteiger partial charge in [0.05, 0.1) is 18.6 Å². The number of alkyl halides is 3. The summed E-state index contributed by atoms with van der Waals surface area (Å²) in [6.45, 7) is 9.39. The molecule has 37 heavy (non-hydrogen) atoms. The molecule has 5 rings (SSSR count). The molecule has 3 fully saturated rings. The van der Waals surface area contributed by atoms with Crippen molar-refractivity contribution in [2.75, 3.05) is 7.11 Å². The molecule has 0 saturated heterocycles. The largest absolute Gasteiger partial charge is 0.469 e. The van der Waals surface area contributed by atoms with Gasteiger partial charge in [-0.15, -0.1) is 0 Å². The number of hydrogen-bond donors (Lipinski definition) is 0. The summed E-state index contributed by atoms with van der Waals surface area (Å²) in [7, 11) is 1.41. The van der Waals surface area contributed by atoms with Gasteiger partial charge in [0.25, 0.3) is 0 Å². The average Bonchev–Trinajstić information content (AvgIpc) is 2.79. The number of hydrogen-bond acceptors (Lipinski definition) is 4. The number of rotatable bonds is 1. The third-order valence-corrected chi connectivity index (χ3v) is 11.6. The van der Waals surface area contributed by atoms with E-state index in [4.69, 9.17) is 4.74 Å². The van der Waals surface area contributed by atoms with Crippen LogP contribution in [0.5, 0.6) is 0 Å². The highest BCUT2D eigenvalue weighted by molar-refractivity contribution is 6.03. The summed E-state index contributed by atoms with van der Waals surface area (Å²) in [5.41, 5.74) is -2.79. The van der Waals surface area contributed by atoms with Gasteiger partial charge in [-0.1, -0.05) is 46.3 Å². The molecule has 3 saturated carbocycles. The smallest absolute Gasteiger partial charge is 0.419 e. The minimum absolute atomic E-state index is 0.0000405. The molecule has 5 aliphatic rings. The maximum Gasteiger partial charge on any atom is 0.419 e. The molecular formula is C30H39F3O4. The van der Waals surface area contributed by atoms with Crippen LogP contribution in [0.2, 0.25) is 0 Å². The Morgan fingerprint density at radius 3 is 2.24 bits per heavy atom. The van der Waals surface area contributed by atoms with Crippen LogP contribution in [0.4, 0.5) is 13.2 Å². The van der Waals surface area contributed by atoms with E-state index in [-0.39, 0.29) is 40.8 Å². The van der Waals surface area contributed by atoms with Crippen LogP contribution in [0.1, 0.15) is 79.6 Å². The standard InChI is InChI=1S/C30H39F3O4/c1-26(2)22-9-12-28(4)18-8-11-27(3)10-7-16(25(36)37-6)13-19(27)17(18)14-21(34)23(28)29(22,5)15-20(24(26)35)30(31,32)33/h14-16,18-19,22-23H,7-13H2,1-6H3. The number of carbonyl (C=O) groups is 3. The molecule has 0 amide bonds. The molecule has 0 aromatic rings. The van der Waals surface area contributed by atoms with Crippen molar-refractivity contribution in [3.05, 3.63) is 23.3 Å². The van der Waals surface area contributed by atoms with Gasteiger partial charge in [0.1, 0.15) is 0 Å². The lowest BCUT2D eigenvalue weighted by atomic mass is 9.38. The van der Waals surface area contributed by atoms with Crippen LogP contribution in [-0.4, -0.2) is 30.8 Å². The van der Waals surface area contributed by atoms with Crippen LogP contribution in [0.15, 0.2) is 23.3 Å². The van der Waals surface area contributed by atoms with E-state index < -0.39 is 39.7 Å². The Balaban J connectivity index is 1.62. The van der Waals surface area contributed by atoms with Crippen LogP contribution < -0.4 is 0 Å². The van der Waals surface area contributed by atoms with Crippen molar-refractivity contribution >= 4 is 17.5 Å². The van der Waals surface area contributed by atoms with Gasteiger partial charge in [0.15, 0.2) is 11.6 Å². The van der Waals surface area contributed by atoms with Gasteiger partial charge < -0.3 is 4.74 Å². The number of Topliss-reactive ketones (excluding diaryl/α,β-unsaturated/α-hetero) is 1.